The van der Waals surface area contributed by atoms with Gasteiger partial charge in [-0.15, -0.1) is 0 Å². The number of para-hydroxylation sites is 1. The summed E-state index contributed by atoms with van der Waals surface area (Å²) in [5.74, 6) is -0.394. The topological polar surface area (TPSA) is 85.0 Å². The van der Waals surface area contributed by atoms with Crippen molar-refractivity contribution >= 4 is 28.6 Å². The summed E-state index contributed by atoms with van der Waals surface area (Å²) < 4.78 is 5.81. The van der Waals surface area contributed by atoms with Crippen molar-refractivity contribution in [3.63, 3.8) is 0 Å². The van der Waals surface area contributed by atoms with Gasteiger partial charge in [-0.1, -0.05) is 23.9 Å². The van der Waals surface area contributed by atoms with Crippen LogP contribution >= 0.6 is 11.8 Å². The number of carbonyl (C=O) groups excluding carboxylic acids is 1. The minimum Gasteiger partial charge on any atom is -0.468 e. The summed E-state index contributed by atoms with van der Waals surface area (Å²) in [5.41, 5.74) is 0.223. The van der Waals surface area contributed by atoms with Gasteiger partial charge in [-0.05, 0) is 12.1 Å². The number of ether oxygens (including phenoxy) is 1. The molecule has 0 saturated heterocycles. The Balaban J connectivity index is 2.60. The van der Waals surface area contributed by atoms with Crippen LogP contribution in [-0.4, -0.2) is 28.4 Å². The van der Waals surface area contributed by atoms with Crippen molar-refractivity contribution in [2.24, 2.45) is 0 Å². The number of rotatable bonds is 4. The first-order chi connectivity index (χ1) is 9.67. The van der Waals surface area contributed by atoms with Crippen LogP contribution in [0.3, 0.4) is 0 Å². The molecule has 0 unspecified atom stereocenters. The molecule has 2 rings (SSSR count). The molecule has 102 valence electrons. The fourth-order valence-corrected chi connectivity index (χ4v) is 2.35. The molecule has 0 N–H and O–H groups in total. The maximum atomic E-state index is 12.4. The molecular weight excluding hydrogens is 278 g/mol. The average molecular weight is 289 g/mol. The summed E-state index contributed by atoms with van der Waals surface area (Å²) in [6.07, 6.45) is 0. The van der Waals surface area contributed by atoms with Crippen molar-refractivity contribution in [3.8, 4) is 6.07 Å². The number of fused-ring (bicyclic) bond motifs is 1. The average Bonchev–Trinajstić information content (AvgIpc) is 2.48. The molecule has 0 fully saturated rings. The number of nitriles is 1. The Morgan fingerprint density at radius 1 is 1.50 bits per heavy atom. The Kier molecular flexibility index (Phi) is 4.38. The van der Waals surface area contributed by atoms with Gasteiger partial charge in [0.25, 0.3) is 5.56 Å². The zero-order valence-electron chi connectivity index (χ0n) is 10.7. The van der Waals surface area contributed by atoms with Crippen molar-refractivity contribution in [1.29, 1.82) is 5.26 Å². The van der Waals surface area contributed by atoms with E-state index in [1.165, 1.54) is 11.7 Å². The summed E-state index contributed by atoms with van der Waals surface area (Å²) in [5, 5.41) is 9.41. The lowest BCUT2D eigenvalue weighted by atomic mass is 10.2. The highest BCUT2D eigenvalue weighted by molar-refractivity contribution is 7.99. The van der Waals surface area contributed by atoms with Gasteiger partial charge in [0.05, 0.1) is 29.8 Å². The number of hydrogen-bond donors (Lipinski definition) is 0. The molecule has 0 aliphatic heterocycles. The van der Waals surface area contributed by atoms with Crippen molar-refractivity contribution in [3.05, 3.63) is 34.6 Å². The maximum Gasteiger partial charge on any atom is 0.325 e. The molecular formula is C13H11N3O3S. The van der Waals surface area contributed by atoms with Gasteiger partial charge >= 0.3 is 5.97 Å². The molecule has 0 saturated carbocycles. The Bertz CT molecular complexity index is 749. The first kappa shape index (κ1) is 14.1. The molecule has 0 atom stereocenters. The molecule has 0 radical (unpaired) electrons. The zero-order valence-corrected chi connectivity index (χ0v) is 11.5. The van der Waals surface area contributed by atoms with E-state index < -0.39 is 5.97 Å². The molecule has 20 heavy (non-hydrogen) atoms. The largest absolute Gasteiger partial charge is 0.468 e. The number of aromatic nitrogens is 2. The van der Waals surface area contributed by atoms with Crippen LogP contribution in [-0.2, 0) is 16.1 Å². The quantitative estimate of drug-likeness (QED) is 0.477. The highest BCUT2D eigenvalue weighted by Gasteiger charge is 2.14. The summed E-state index contributed by atoms with van der Waals surface area (Å²) in [4.78, 5) is 28.1. The predicted octanol–water partition coefficient (Wildman–Crippen LogP) is 1.19. The Morgan fingerprint density at radius 3 is 2.95 bits per heavy atom. The van der Waals surface area contributed by atoms with Crippen LogP contribution in [0.15, 0.2) is 34.2 Å². The van der Waals surface area contributed by atoms with Crippen LogP contribution in [0.25, 0.3) is 10.9 Å². The van der Waals surface area contributed by atoms with Crippen LogP contribution in [0.2, 0.25) is 0 Å². The van der Waals surface area contributed by atoms with Crippen LogP contribution in [0.5, 0.6) is 0 Å². The van der Waals surface area contributed by atoms with Crippen LogP contribution in [0, 0.1) is 11.3 Å². The molecule has 6 nitrogen and oxygen atoms in total. The van der Waals surface area contributed by atoms with Gasteiger partial charge in [0.15, 0.2) is 5.16 Å². The van der Waals surface area contributed by atoms with Crippen molar-refractivity contribution in [2.75, 3.05) is 12.9 Å². The molecule has 0 aliphatic rings. The molecule has 0 amide bonds. The van der Waals surface area contributed by atoms with Gasteiger partial charge in [-0.3, -0.25) is 14.2 Å². The van der Waals surface area contributed by atoms with E-state index in [9.17, 15) is 9.59 Å². The van der Waals surface area contributed by atoms with E-state index in [1.807, 2.05) is 6.07 Å². The van der Waals surface area contributed by atoms with Gasteiger partial charge in [0.2, 0.25) is 0 Å². The Morgan fingerprint density at radius 2 is 2.25 bits per heavy atom. The summed E-state index contributed by atoms with van der Waals surface area (Å²) >= 11 is 1.11. The van der Waals surface area contributed by atoms with Crippen molar-refractivity contribution < 1.29 is 9.53 Å². The van der Waals surface area contributed by atoms with Crippen molar-refractivity contribution in [1.82, 2.24) is 9.55 Å². The summed E-state index contributed by atoms with van der Waals surface area (Å²) in [7, 11) is 1.25. The molecule has 7 heteroatoms. The number of thioether (sulfide) groups is 1. The molecule has 1 heterocycles. The van der Waals surface area contributed by atoms with Crippen LogP contribution < -0.4 is 5.56 Å². The number of esters is 1. The molecule has 1 aromatic heterocycles. The summed E-state index contributed by atoms with van der Waals surface area (Å²) in [6.45, 7) is -0.221. The molecule has 0 bridgehead atoms. The fourth-order valence-electron chi connectivity index (χ4n) is 1.69. The highest BCUT2D eigenvalue weighted by atomic mass is 32.2. The fraction of sp³-hybridized carbons (Fsp3) is 0.231. The van der Waals surface area contributed by atoms with Crippen molar-refractivity contribution in [2.45, 2.75) is 11.7 Å². The van der Waals surface area contributed by atoms with E-state index in [4.69, 9.17) is 5.26 Å². The third-order valence-corrected chi connectivity index (χ3v) is 3.45. The Hall–Kier alpha value is -2.33. The minimum absolute atomic E-state index is 0.145. The predicted molar refractivity (Wildman–Crippen MR) is 74.4 cm³/mol. The first-order valence-corrected chi connectivity index (χ1v) is 6.72. The van der Waals surface area contributed by atoms with Crippen LogP contribution in [0.4, 0.5) is 0 Å². The number of carbonyl (C=O) groups is 1. The second-order valence-electron chi connectivity index (χ2n) is 3.83. The lowest BCUT2D eigenvalue weighted by Gasteiger charge is -2.10. The van der Waals surface area contributed by atoms with Gasteiger partial charge < -0.3 is 4.74 Å². The monoisotopic (exact) mass is 289 g/mol. The number of hydrogen-bond acceptors (Lipinski definition) is 6. The first-order valence-electron chi connectivity index (χ1n) is 5.73. The lowest BCUT2D eigenvalue weighted by Crippen LogP contribution is -2.27. The standard InChI is InChI=1S/C13H11N3O3S/c1-19-11(17)8-16-12(18)9-4-2-3-5-10(9)15-13(16)20-7-6-14/h2-5H,7-8H2,1H3. The highest BCUT2D eigenvalue weighted by Crippen LogP contribution is 2.17. The van der Waals surface area contributed by atoms with Gasteiger partial charge in [0.1, 0.15) is 6.54 Å². The van der Waals surface area contributed by atoms with E-state index in [1.54, 1.807) is 24.3 Å². The zero-order chi connectivity index (χ0) is 14.5. The number of nitrogens with zero attached hydrogens (tertiary/aromatic N) is 3. The maximum absolute atomic E-state index is 12.4. The van der Waals surface area contributed by atoms with Gasteiger partial charge in [-0.2, -0.15) is 5.26 Å². The molecule has 1 aromatic carbocycles. The SMILES string of the molecule is COC(=O)Cn1c(SCC#N)nc2ccccc2c1=O. The van der Waals surface area contributed by atoms with Crippen LogP contribution in [0.1, 0.15) is 0 Å². The Labute approximate surface area is 119 Å². The molecule has 0 aliphatic carbocycles. The van der Waals surface area contributed by atoms with E-state index in [-0.39, 0.29) is 17.9 Å². The summed E-state index contributed by atoms with van der Waals surface area (Å²) in [6, 6.07) is 8.85. The van der Waals surface area contributed by atoms with E-state index in [0.29, 0.717) is 16.1 Å². The minimum atomic E-state index is -0.539. The second kappa shape index (κ2) is 6.21. The second-order valence-corrected chi connectivity index (χ2v) is 4.77. The molecule has 2 aromatic rings. The number of methoxy groups -OCH3 is 1. The van der Waals surface area contributed by atoms with E-state index in [0.717, 1.165) is 11.8 Å². The van der Waals surface area contributed by atoms with E-state index in [2.05, 4.69) is 9.72 Å². The lowest BCUT2D eigenvalue weighted by molar-refractivity contribution is -0.141. The van der Waals surface area contributed by atoms with E-state index >= 15 is 0 Å². The van der Waals surface area contributed by atoms with Gasteiger partial charge in [-0.25, -0.2) is 4.98 Å². The number of benzene rings is 1. The molecule has 0 spiro atoms. The smallest absolute Gasteiger partial charge is 0.325 e. The third kappa shape index (κ3) is 2.81. The van der Waals surface area contributed by atoms with Gasteiger partial charge in [0, 0.05) is 0 Å². The normalized spacial score (nSPS) is 10.2. The third-order valence-electron chi connectivity index (χ3n) is 2.61.